The number of nitrogens with zero attached hydrogens (tertiary/aromatic N) is 3. The first-order valence-corrected chi connectivity index (χ1v) is 5.74. The summed E-state index contributed by atoms with van der Waals surface area (Å²) in [5.74, 6) is 0. The normalized spacial score (nSPS) is 10.6. The fourth-order valence-electron chi connectivity index (χ4n) is 1.67. The van der Waals surface area contributed by atoms with E-state index in [0.29, 0.717) is 6.42 Å². The number of aliphatic hydroxyl groups is 1. The lowest BCUT2D eigenvalue weighted by atomic mass is 10.5. The first-order valence-electron chi connectivity index (χ1n) is 5.74. The largest absolute Gasteiger partial charge is 0.395 e. The summed E-state index contributed by atoms with van der Waals surface area (Å²) in [6, 6.07) is 0. The molecule has 0 aromatic carbocycles. The summed E-state index contributed by atoms with van der Waals surface area (Å²) >= 11 is 0. The quantitative estimate of drug-likeness (QED) is 0.644. The molecule has 1 heterocycles. The molecule has 7 heteroatoms. The van der Waals surface area contributed by atoms with Gasteiger partial charge in [0.2, 0.25) is 0 Å². The van der Waals surface area contributed by atoms with Crippen molar-refractivity contribution < 1.29 is 5.11 Å². The molecule has 18 heavy (non-hydrogen) atoms. The van der Waals surface area contributed by atoms with Crippen molar-refractivity contribution >= 4 is 0 Å². The van der Waals surface area contributed by atoms with Gasteiger partial charge in [0.15, 0.2) is 0 Å². The van der Waals surface area contributed by atoms with Crippen LogP contribution in [0.2, 0.25) is 0 Å². The van der Waals surface area contributed by atoms with Crippen molar-refractivity contribution in [3.63, 3.8) is 0 Å². The van der Waals surface area contributed by atoms with Gasteiger partial charge in [0.25, 0.3) is 0 Å². The summed E-state index contributed by atoms with van der Waals surface area (Å²) < 4.78 is 2.79. The molecule has 100 valence electrons. The molecule has 0 aliphatic rings. The number of aromatic nitrogens is 3. The molecule has 0 unspecified atom stereocenters. The Labute approximate surface area is 103 Å². The average Bonchev–Trinajstić information content (AvgIpc) is 2.35. The van der Waals surface area contributed by atoms with Gasteiger partial charge >= 0.3 is 17.1 Å². The molecule has 1 aromatic heterocycles. The second-order valence-corrected chi connectivity index (χ2v) is 3.77. The minimum absolute atomic E-state index is 0.0348. The number of aliphatic hydroxyl groups excluding tert-OH is 1. The monoisotopic (exact) mass is 255 g/mol. The SMILES string of the molecule is C=CCn1c(=O)n(CCC)c(=O)n(CCO)c1=O. The van der Waals surface area contributed by atoms with Crippen molar-refractivity contribution in [1.82, 2.24) is 13.7 Å². The summed E-state index contributed by atoms with van der Waals surface area (Å²) in [5.41, 5.74) is -2.03. The molecule has 0 aliphatic heterocycles. The topological polar surface area (TPSA) is 86.2 Å². The summed E-state index contributed by atoms with van der Waals surface area (Å²) in [5, 5.41) is 8.86. The van der Waals surface area contributed by atoms with E-state index in [2.05, 4.69) is 6.58 Å². The predicted molar refractivity (Wildman–Crippen MR) is 66.8 cm³/mol. The smallest absolute Gasteiger partial charge is 0.336 e. The van der Waals surface area contributed by atoms with Gasteiger partial charge in [-0.15, -0.1) is 6.58 Å². The molecule has 0 spiro atoms. The maximum atomic E-state index is 11.9. The maximum absolute atomic E-state index is 11.9. The molecule has 0 amide bonds. The van der Waals surface area contributed by atoms with Crippen molar-refractivity contribution in [3.05, 3.63) is 44.1 Å². The van der Waals surface area contributed by atoms with Crippen LogP contribution < -0.4 is 17.1 Å². The maximum Gasteiger partial charge on any atom is 0.336 e. The lowest BCUT2D eigenvalue weighted by Crippen LogP contribution is -2.54. The first-order chi connectivity index (χ1) is 8.58. The zero-order valence-corrected chi connectivity index (χ0v) is 10.3. The molecule has 0 aliphatic carbocycles. The lowest BCUT2D eigenvalue weighted by Gasteiger charge is -2.11. The first kappa shape index (κ1) is 14.2. The van der Waals surface area contributed by atoms with Crippen molar-refractivity contribution in [1.29, 1.82) is 0 Å². The summed E-state index contributed by atoms with van der Waals surface area (Å²) in [6.45, 7) is 5.10. The van der Waals surface area contributed by atoms with E-state index in [4.69, 9.17) is 5.11 Å². The molecule has 1 aromatic rings. The Balaban J connectivity index is 3.64. The van der Waals surface area contributed by atoms with Gasteiger partial charge in [-0.1, -0.05) is 13.0 Å². The Hall–Kier alpha value is -1.89. The highest BCUT2D eigenvalue weighted by Crippen LogP contribution is 1.81. The van der Waals surface area contributed by atoms with Gasteiger partial charge in [0, 0.05) is 6.54 Å². The molecule has 0 saturated carbocycles. The standard InChI is InChI=1S/C11H17N3O4/c1-3-5-12-9(16)13(6-4-2)11(18)14(7-8-15)10(12)17/h3,15H,1,4-8H2,2H3. The third-order valence-electron chi connectivity index (χ3n) is 2.47. The third kappa shape index (κ3) is 2.51. The van der Waals surface area contributed by atoms with Crippen LogP contribution in [-0.2, 0) is 19.6 Å². The summed E-state index contributed by atoms with van der Waals surface area (Å²) in [4.78, 5) is 35.8. The van der Waals surface area contributed by atoms with Crippen molar-refractivity contribution in [3.8, 4) is 0 Å². The van der Waals surface area contributed by atoms with E-state index in [1.807, 2.05) is 6.92 Å². The molecule has 0 saturated heterocycles. The zero-order chi connectivity index (χ0) is 13.7. The molecule has 1 N–H and O–H groups in total. The number of allylic oxidation sites excluding steroid dienone is 1. The van der Waals surface area contributed by atoms with Crippen LogP contribution in [0.3, 0.4) is 0 Å². The molecule has 0 radical (unpaired) electrons. The highest BCUT2D eigenvalue weighted by molar-refractivity contribution is 4.82. The molecular weight excluding hydrogens is 238 g/mol. The molecule has 0 fully saturated rings. The van der Waals surface area contributed by atoms with Gasteiger partial charge in [-0.05, 0) is 6.42 Å². The van der Waals surface area contributed by atoms with Crippen molar-refractivity contribution in [2.24, 2.45) is 0 Å². The Bertz CT molecular complexity index is 550. The number of rotatable bonds is 6. The van der Waals surface area contributed by atoms with E-state index >= 15 is 0 Å². The minimum Gasteiger partial charge on any atom is -0.395 e. The van der Waals surface area contributed by atoms with Crippen molar-refractivity contribution in [2.45, 2.75) is 33.0 Å². The highest BCUT2D eigenvalue weighted by atomic mass is 16.3. The van der Waals surface area contributed by atoms with Crippen LogP contribution in [0, 0.1) is 0 Å². The second-order valence-electron chi connectivity index (χ2n) is 3.77. The van der Waals surface area contributed by atoms with Crippen LogP contribution in [0.4, 0.5) is 0 Å². The fraction of sp³-hybridized carbons (Fsp3) is 0.545. The van der Waals surface area contributed by atoms with Crippen LogP contribution in [0.1, 0.15) is 13.3 Å². The van der Waals surface area contributed by atoms with E-state index < -0.39 is 17.1 Å². The van der Waals surface area contributed by atoms with Gasteiger partial charge < -0.3 is 5.11 Å². The van der Waals surface area contributed by atoms with Crippen LogP contribution >= 0.6 is 0 Å². The zero-order valence-electron chi connectivity index (χ0n) is 10.3. The number of hydrogen-bond donors (Lipinski definition) is 1. The van der Waals surface area contributed by atoms with E-state index in [9.17, 15) is 14.4 Å². The molecule has 7 nitrogen and oxygen atoms in total. The van der Waals surface area contributed by atoms with Crippen LogP contribution in [0.15, 0.2) is 27.0 Å². The Morgan fingerprint density at radius 3 is 2.00 bits per heavy atom. The predicted octanol–water partition coefficient (Wildman–Crippen LogP) is -1.24. The average molecular weight is 255 g/mol. The van der Waals surface area contributed by atoms with Crippen LogP contribution in [-0.4, -0.2) is 25.4 Å². The summed E-state index contributed by atoms with van der Waals surface area (Å²) in [6.07, 6.45) is 2.01. The van der Waals surface area contributed by atoms with Gasteiger partial charge in [0.1, 0.15) is 0 Å². The fourth-order valence-corrected chi connectivity index (χ4v) is 1.67. The van der Waals surface area contributed by atoms with Gasteiger partial charge in [-0.25, -0.2) is 28.1 Å². The molecule has 1 rings (SSSR count). The van der Waals surface area contributed by atoms with Crippen LogP contribution in [0.5, 0.6) is 0 Å². The van der Waals surface area contributed by atoms with Crippen molar-refractivity contribution in [2.75, 3.05) is 6.61 Å². The summed E-state index contributed by atoms with van der Waals surface area (Å²) in [7, 11) is 0. The molecule has 0 bridgehead atoms. The minimum atomic E-state index is -0.716. The van der Waals surface area contributed by atoms with Crippen LogP contribution in [0.25, 0.3) is 0 Å². The van der Waals surface area contributed by atoms with E-state index in [1.165, 1.54) is 6.08 Å². The van der Waals surface area contributed by atoms with E-state index in [0.717, 1.165) is 13.7 Å². The van der Waals surface area contributed by atoms with Gasteiger partial charge in [0.05, 0.1) is 19.7 Å². The lowest BCUT2D eigenvalue weighted by molar-refractivity contribution is 0.265. The third-order valence-corrected chi connectivity index (χ3v) is 2.47. The second kappa shape index (κ2) is 6.15. The highest BCUT2D eigenvalue weighted by Gasteiger charge is 2.13. The van der Waals surface area contributed by atoms with Gasteiger partial charge in [-0.2, -0.15) is 0 Å². The molecule has 0 atom stereocenters. The van der Waals surface area contributed by atoms with E-state index in [1.54, 1.807) is 0 Å². The van der Waals surface area contributed by atoms with E-state index in [-0.39, 0.29) is 26.2 Å². The number of hydrogen-bond acceptors (Lipinski definition) is 4. The van der Waals surface area contributed by atoms with Gasteiger partial charge in [-0.3, -0.25) is 0 Å². The Morgan fingerprint density at radius 1 is 1.06 bits per heavy atom. The molecular formula is C11H17N3O4. The Morgan fingerprint density at radius 2 is 1.56 bits per heavy atom. The Kier molecular flexibility index (Phi) is 4.85.